The van der Waals surface area contributed by atoms with Crippen LogP contribution >= 0.6 is 11.6 Å². The Labute approximate surface area is 121 Å². The van der Waals surface area contributed by atoms with Gasteiger partial charge in [0.25, 0.3) is 5.91 Å². The average Bonchev–Trinajstić information content (AvgIpc) is 2.98. The number of hydrogen-bond acceptors (Lipinski definition) is 4. The van der Waals surface area contributed by atoms with Crippen LogP contribution in [0.3, 0.4) is 0 Å². The number of amides is 1. The Hall–Kier alpha value is -2.27. The highest BCUT2D eigenvalue weighted by atomic mass is 35.5. The van der Waals surface area contributed by atoms with Crippen LogP contribution in [-0.2, 0) is 0 Å². The number of hydrogen-bond donors (Lipinski definition) is 1. The topological polar surface area (TPSA) is 63.8 Å². The SMILES string of the molecule is COc1ccc(Cl)cc1C(=O)N/N=C(\C)c1ccco1. The maximum atomic E-state index is 12.1. The summed E-state index contributed by atoms with van der Waals surface area (Å²) in [5.74, 6) is 0.608. The summed E-state index contributed by atoms with van der Waals surface area (Å²) in [4.78, 5) is 12.1. The van der Waals surface area contributed by atoms with E-state index in [4.69, 9.17) is 20.8 Å². The number of ether oxygens (including phenoxy) is 1. The van der Waals surface area contributed by atoms with Gasteiger partial charge in [0.15, 0.2) is 0 Å². The number of methoxy groups -OCH3 is 1. The number of halogens is 1. The van der Waals surface area contributed by atoms with Crippen molar-refractivity contribution in [1.82, 2.24) is 5.43 Å². The molecule has 6 heteroatoms. The van der Waals surface area contributed by atoms with Crippen LogP contribution in [-0.4, -0.2) is 18.7 Å². The van der Waals surface area contributed by atoms with Crippen molar-refractivity contribution in [3.8, 4) is 5.75 Å². The van der Waals surface area contributed by atoms with Gasteiger partial charge in [-0.05, 0) is 37.3 Å². The molecule has 2 aromatic rings. The fraction of sp³-hybridized carbons (Fsp3) is 0.143. The highest BCUT2D eigenvalue weighted by Crippen LogP contribution is 2.22. The molecule has 1 amide bonds. The summed E-state index contributed by atoms with van der Waals surface area (Å²) in [5, 5.41) is 4.42. The van der Waals surface area contributed by atoms with Gasteiger partial charge in [-0.3, -0.25) is 4.79 Å². The fourth-order valence-electron chi connectivity index (χ4n) is 1.59. The molecule has 0 aliphatic rings. The Morgan fingerprint density at radius 2 is 2.20 bits per heavy atom. The third-order valence-electron chi connectivity index (χ3n) is 2.61. The molecule has 0 atom stereocenters. The van der Waals surface area contributed by atoms with Crippen molar-refractivity contribution >= 4 is 23.2 Å². The first-order valence-corrected chi connectivity index (χ1v) is 6.21. The Morgan fingerprint density at radius 1 is 1.40 bits per heavy atom. The van der Waals surface area contributed by atoms with E-state index in [0.29, 0.717) is 27.8 Å². The zero-order valence-corrected chi connectivity index (χ0v) is 11.8. The van der Waals surface area contributed by atoms with E-state index < -0.39 is 5.91 Å². The molecule has 0 unspecified atom stereocenters. The van der Waals surface area contributed by atoms with Gasteiger partial charge in [0, 0.05) is 5.02 Å². The standard InChI is InChI=1S/C14H13ClN2O3/c1-9(12-4-3-7-20-12)16-17-14(18)11-8-10(15)5-6-13(11)19-2/h3-8H,1-2H3,(H,17,18)/b16-9+. The van der Waals surface area contributed by atoms with Gasteiger partial charge in [-0.15, -0.1) is 0 Å². The van der Waals surface area contributed by atoms with Crippen LogP contribution in [0.25, 0.3) is 0 Å². The van der Waals surface area contributed by atoms with Gasteiger partial charge in [0.2, 0.25) is 0 Å². The average molecular weight is 293 g/mol. The number of nitrogens with one attached hydrogen (secondary N) is 1. The minimum Gasteiger partial charge on any atom is -0.496 e. The van der Waals surface area contributed by atoms with E-state index >= 15 is 0 Å². The minimum absolute atomic E-state index is 0.316. The van der Waals surface area contributed by atoms with Crippen LogP contribution in [0.15, 0.2) is 46.1 Å². The van der Waals surface area contributed by atoms with Crippen molar-refractivity contribution in [2.24, 2.45) is 5.10 Å². The summed E-state index contributed by atoms with van der Waals surface area (Å²) in [6.45, 7) is 1.73. The highest BCUT2D eigenvalue weighted by Gasteiger charge is 2.12. The Bertz CT molecular complexity index is 636. The molecule has 1 aromatic heterocycles. The smallest absolute Gasteiger partial charge is 0.275 e. The number of carbonyl (C=O) groups excluding carboxylic acids is 1. The molecule has 2 rings (SSSR count). The van der Waals surface area contributed by atoms with Crippen molar-refractivity contribution in [2.45, 2.75) is 6.92 Å². The zero-order valence-electron chi connectivity index (χ0n) is 11.0. The van der Waals surface area contributed by atoms with Crippen molar-refractivity contribution in [1.29, 1.82) is 0 Å². The maximum Gasteiger partial charge on any atom is 0.275 e. The lowest BCUT2D eigenvalue weighted by Crippen LogP contribution is -2.20. The van der Waals surface area contributed by atoms with E-state index in [9.17, 15) is 4.79 Å². The van der Waals surface area contributed by atoms with Gasteiger partial charge in [-0.2, -0.15) is 5.10 Å². The largest absolute Gasteiger partial charge is 0.496 e. The summed E-state index contributed by atoms with van der Waals surface area (Å²) < 4.78 is 10.3. The quantitative estimate of drug-likeness (QED) is 0.695. The van der Waals surface area contributed by atoms with Gasteiger partial charge in [-0.1, -0.05) is 11.6 Å². The molecule has 0 aliphatic carbocycles. The molecular formula is C14H13ClN2O3. The molecule has 5 nitrogen and oxygen atoms in total. The Morgan fingerprint density at radius 3 is 2.85 bits per heavy atom. The summed E-state index contributed by atoms with van der Waals surface area (Å²) in [7, 11) is 1.48. The van der Waals surface area contributed by atoms with E-state index in [-0.39, 0.29) is 0 Å². The van der Waals surface area contributed by atoms with Crippen LogP contribution in [0.2, 0.25) is 5.02 Å². The zero-order chi connectivity index (χ0) is 14.5. The number of benzene rings is 1. The van der Waals surface area contributed by atoms with Crippen LogP contribution < -0.4 is 10.2 Å². The van der Waals surface area contributed by atoms with E-state index in [1.807, 2.05) is 0 Å². The van der Waals surface area contributed by atoms with Gasteiger partial charge in [-0.25, -0.2) is 5.43 Å². The number of rotatable bonds is 4. The molecule has 20 heavy (non-hydrogen) atoms. The van der Waals surface area contributed by atoms with E-state index in [1.54, 1.807) is 31.2 Å². The second kappa shape index (κ2) is 6.25. The lowest BCUT2D eigenvalue weighted by Gasteiger charge is -2.07. The third kappa shape index (κ3) is 3.19. The monoisotopic (exact) mass is 292 g/mol. The highest BCUT2D eigenvalue weighted by molar-refractivity contribution is 6.31. The number of carbonyl (C=O) groups is 1. The Balaban J connectivity index is 2.16. The first-order chi connectivity index (χ1) is 9.61. The van der Waals surface area contributed by atoms with Crippen LogP contribution in [0.5, 0.6) is 5.75 Å². The van der Waals surface area contributed by atoms with Crippen molar-refractivity contribution in [3.05, 3.63) is 52.9 Å². The second-order valence-corrected chi connectivity index (χ2v) is 4.40. The number of nitrogens with zero attached hydrogens (tertiary/aromatic N) is 1. The molecule has 0 radical (unpaired) electrons. The first-order valence-electron chi connectivity index (χ1n) is 5.84. The second-order valence-electron chi connectivity index (χ2n) is 3.96. The van der Waals surface area contributed by atoms with Crippen LogP contribution in [0.1, 0.15) is 23.0 Å². The third-order valence-corrected chi connectivity index (χ3v) is 2.84. The number of furan rings is 1. The molecular weight excluding hydrogens is 280 g/mol. The molecule has 0 bridgehead atoms. The van der Waals surface area contributed by atoms with Crippen LogP contribution in [0, 0.1) is 0 Å². The van der Waals surface area contributed by atoms with Crippen LogP contribution in [0.4, 0.5) is 0 Å². The maximum absolute atomic E-state index is 12.1. The molecule has 0 saturated carbocycles. The summed E-state index contributed by atoms with van der Waals surface area (Å²) in [6.07, 6.45) is 1.54. The summed E-state index contributed by atoms with van der Waals surface area (Å²) >= 11 is 5.88. The van der Waals surface area contributed by atoms with E-state index in [0.717, 1.165) is 0 Å². The fourth-order valence-corrected chi connectivity index (χ4v) is 1.76. The number of hydrazone groups is 1. The predicted octanol–water partition coefficient (Wildman–Crippen LogP) is 3.10. The van der Waals surface area contributed by atoms with Gasteiger partial charge in [0.05, 0.1) is 18.9 Å². The normalized spacial score (nSPS) is 11.2. The molecule has 0 fully saturated rings. The Kier molecular flexibility index (Phi) is 4.42. The van der Waals surface area contributed by atoms with Gasteiger partial charge in [0.1, 0.15) is 17.2 Å². The summed E-state index contributed by atoms with van der Waals surface area (Å²) in [5.41, 5.74) is 3.31. The van der Waals surface area contributed by atoms with Gasteiger partial charge < -0.3 is 9.15 Å². The van der Waals surface area contributed by atoms with Crippen molar-refractivity contribution in [2.75, 3.05) is 7.11 Å². The predicted molar refractivity (Wildman–Crippen MR) is 76.4 cm³/mol. The van der Waals surface area contributed by atoms with E-state index in [1.165, 1.54) is 19.4 Å². The van der Waals surface area contributed by atoms with Gasteiger partial charge >= 0.3 is 0 Å². The lowest BCUT2D eigenvalue weighted by atomic mass is 10.2. The first kappa shape index (κ1) is 14.1. The van der Waals surface area contributed by atoms with Crippen molar-refractivity contribution in [3.63, 3.8) is 0 Å². The molecule has 1 heterocycles. The lowest BCUT2D eigenvalue weighted by molar-refractivity contribution is 0.0952. The molecule has 0 spiro atoms. The molecule has 0 aliphatic heterocycles. The molecule has 0 saturated heterocycles. The minimum atomic E-state index is -0.407. The molecule has 104 valence electrons. The molecule has 1 N–H and O–H groups in total. The summed E-state index contributed by atoms with van der Waals surface area (Å²) in [6, 6.07) is 8.30. The van der Waals surface area contributed by atoms with Crippen molar-refractivity contribution < 1.29 is 13.9 Å². The molecule has 1 aromatic carbocycles. The van der Waals surface area contributed by atoms with E-state index in [2.05, 4.69) is 10.5 Å².